The average molecular weight is 402 g/mol. The van der Waals surface area contributed by atoms with Crippen LogP contribution in [-0.2, 0) is 9.59 Å². The minimum atomic E-state index is -0.827. The summed E-state index contributed by atoms with van der Waals surface area (Å²) in [7, 11) is 0. The predicted molar refractivity (Wildman–Crippen MR) is 104 cm³/mol. The van der Waals surface area contributed by atoms with Crippen molar-refractivity contribution in [2.24, 2.45) is 0 Å². The molecule has 2 aromatic rings. The maximum Gasteiger partial charge on any atom is 0.293 e. The summed E-state index contributed by atoms with van der Waals surface area (Å²) in [5.41, 5.74) is -0.136. The fourth-order valence-electron chi connectivity index (χ4n) is 2.64. The molecule has 3 rings (SSSR count). The van der Waals surface area contributed by atoms with Gasteiger partial charge in [0.05, 0.1) is 11.5 Å². The molecule has 0 unspecified atom stereocenters. The van der Waals surface area contributed by atoms with Crippen LogP contribution in [0, 0.1) is 10.1 Å². The van der Waals surface area contributed by atoms with Crippen LogP contribution in [0.3, 0.4) is 0 Å². The van der Waals surface area contributed by atoms with Crippen LogP contribution in [0.25, 0.3) is 0 Å². The van der Waals surface area contributed by atoms with Gasteiger partial charge >= 0.3 is 0 Å². The summed E-state index contributed by atoms with van der Waals surface area (Å²) in [5, 5.41) is 13.7. The Morgan fingerprint density at radius 3 is 2.43 bits per heavy atom. The molecule has 0 bridgehead atoms. The van der Waals surface area contributed by atoms with E-state index >= 15 is 0 Å². The van der Waals surface area contributed by atoms with E-state index in [0.717, 1.165) is 6.42 Å². The lowest BCUT2D eigenvalue weighted by atomic mass is 10.2. The van der Waals surface area contributed by atoms with Crippen molar-refractivity contribution in [2.75, 3.05) is 16.8 Å². The lowest BCUT2D eigenvalue weighted by molar-refractivity contribution is -0.384. The highest BCUT2D eigenvalue weighted by Crippen LogP contribution is 2.35. The van der Waals surface area contributed by atoms with E-state index in [1.807, 2.05) is 6.92 Å². The number of para-hydroxylation sites is 2. The van der Waals surface area contributed by atoms with Gasteiger partial charge in [-0.3, -0.25) is 19.7 Å². The number of benzene rings is 2. The Balaban J connectivity index is 1.85. The Labute approximate surface area is 165 Å². The number of hydrogen-bond donors (Lipinski definition) is 1. The first-order valence-electron chi connectivity index (χ1n) is 8.46. The Morgan fingerprint density at radius 2 is 1.79 bits per heavy atom. The van der Waals surface area contributed by atoms with Crippen LogP contribution in [0.2, 0.25) is 0 Å². The molecule has 8 nitrogen and oxygen atoms in total. The Morgan fingerprint density at radius 1 is 1.11 bits per heavy atom. The number of imide groups is 1. The van der Waals surface area contributed by atoms with Gasteiger partial charge in [0.2, 0.25) is 0 Å². The lowest BCUT2D eigenvalue weighted by Crippen LogP contribution is -2.32. The lowest BCUT2D eigenvalue weighted by Gasteiger charge is -2.15. The molecule has 0 radical (unpaired) electrons. The maximum atomic E-state index is 12.8. The number of nitrogens with zero attached hydrogens (tertiary/aromatic N) is 2. The van der Waals surface area contributed by atoms with Crippen LogP contribution in [0.15, 0.2) is 59.3 Å². The zero-order valence-electron chi connectivity index (χ0n) is 14.8. The molecule has 2 aromatic carbocycles. The molecule has 0 atom stereocenters. The van der Waals surface area contributed by atoms with Crippen molar-refractivity contribution in [1.29, 1.82) is 0 Å². The number of halogens is 1. The minimum absolute atomic E-state index is 0.138. The molecule has 144 valence electrons. The second kappa shape index (κ2) is 8.10. The largest absolute Gasteiger partial charge is 0.494 e. The van der Waals surface area contributed by atoms with Crippen LogP contribution in [0.5, 0.6) is 5.75 Å². The fourth-order valence-corrected chi connectivity index (χ4v) is 2.85. The van der Waals surface area contributed by atoms with Crippen LogP contribution >= 0.6 is 11.6 Å². The van der Waals surface area contributed by atoms with Crippen molar-refractivity contribution < 1.29 is 19.2 Å². The first-order valence-corrected chi connectivity index (χ1v) is 8.83. The molecule has 0 saturated heterocycles. The average Bonchev–Trinajstić information content (AvgIpc) is 2.90. The number of carbonyl (C=O) groups is 2. The first kappa shape index (κ1) is 19.4. The molecule has 1 aliphatic rings. The van der Waals surface area contributed by atoms with Crippen LogP contribution in [0.1, 0.15) is 13.3 Å². The molecule has 1 aliphatic heterocycles. The van der Waals surface area contributed by atoms with Crippen molar-refractivity contribution in [3.8, 4) is 5.75 Å². The van der Waals surface area contributed by atoms with E-state index in [4.69, 9.17) is 16.3 Å². The Bertz CT molecular complexity index is 972. The van der Waals surface area contributed by atoms with Gasteiger partial charge in [0.25, 0.3) is 17.5 Å². The molecule has 0 saturated carbocycles. The van der Waals surface area contributed by atoms with Gasteiger partial charge in [0.1, 0.15) is 22.2 Å². The summed E-state index contributed by atoms with van der Waals surface area (Å²) >= 11 is 6.06. The monoisotopic (exact) mass is 401 g/mol. The van der Waals surface area contributed by atoms with Gasteiger partial charge in [0, 0.05) is 11.8 Å². The van der Waals surface area contributed by atoms with Crippen molar-refractivity contribution in [3.63, 3.8) is 0 Å². The summed E-state index contributed by atoms with van der Waals surface area (Å²) in [6, 6.07) is 12.3. The fraction of sp³-hybridized carbons (Fsp3) is 0.158. The molecule has 9 heteroatoms. The Hall–Kier alpha value is -3.39. The number of amides is 2. The normalized spacial score (nSPS) is 13.9. The second-order valence-electron chi connectivity index (χ2n) is 5.88. The van der Waals surface area contributed by atoms with Gasteiger partial charge in [-0.25, -0.2) is 4.90 Å². The molecule has 1 N–H and O–H groups in total. The molecule has 0 aliphatic carbocycles. The maximum absolute atomic E-state index is 12.8. The quantitative estimate of drug-likeness (QED) is 0.430. The van der Waals surface area contributed by atoms with Gasteiger partial charge in [-0.05, 0) is 36.8 Å². The standard InChI is InChI=1S/C19H16ClN3O5/c1-2-11-28-13-9-7-12(8-10-13)21-17-16(20)18(24)22(19(17)25)14-5-3-4-6-15(14)23(26)27/h3-10,21H,2,11H2,1H3. The van der Waals surface area contributed by atoms with Gasteiger partial charge in [-0.15, -0.1) is 0 Å². The van der Waals surface area contributed by atoms with E-state index in [1.165, 1.54) is 24.3 Å². The second-order valence-corrected chi connectivity index (χ2v) is 6.26. The summed E-state index contributed by atoms with van der Waals surface area (Å²) in [6.07, 6.45) is 0.876. The number of carbonyl (C=O) groups excluding carboxylic acids is 2. The summed E-state index contributed by atoms with van der Waals surface area (Å²) in [5.74, 6) is -0.926. The smallest absolute Gasteiger partial charge is 0.293 e. The molecule has 2 amide bonds. The third-order valence-corrected chi connectivity index (χ3v) is 4.29. The summed E-state index contributed by atoms with van der Waals surface area (Å²) in [4.78, 5) is 36.5. The highest BCUT2D eigenvalue weighted by Gasteiger charge is 2.41. The molecular weight excluding hydrogens is 386 g/mol. The SMILES string of the molecule is CCCOc1ccc(NC2=C(Cl)C(=O)N(c3ccccc3[N+](=O)[O-])C2=O)cc1. The molecule has 0 fully saturated rings. The third-order valence-electron chi connectivity index (χ3n) is 3.94. The van der Waals surface area contributed by atoms with Crippen LogP contribution in [0.4, 0.5) is 17.1 Å². The zero-order valence-corrected chi connectivity index (χ0v) is 15.6. The molecule has 0 aromatic heterocycles. The molecular formula is C19H16ClN3O5. The molecule has 0 spiro atoms. The van der Waals surface area contributed by atoms with Gasteiger partial charge < -0.3 is 10.1 Å². The summed E-state index contributed by atoms with van der Waals surface area (Å²) in [6.45, 7) is 2.58. The van der Waals surface area contributed by atoms with Gasteiger partial charge in [-0.2, -0.15) is 0 Å². The first-order chi connectivity index (χ1) is 13.4. The molecule has 1 heterocycles. The van der Waals surface area contributed by atoms with E-state index in [2.05, 4.69) is 5.32 Å². The van der Waals surface area contributed by atoms with E-state index in [-0.39, 0.29) is 22.1 Å². The number of nitro groups is 1. The predicted octanol–water partition coefficient (Wildman–Crippen LogP) is 3.82. The minimum Gasteiger partial charge on any atom is -0.494 e. The van der Waals surface area contributed by atoms with E-state index in [9.17, 15) is 19.7 Å². The molecule has 28 heavy (non-hydrogen) atoms. The Kier molecular flexibility index (Phi) is 5.60. The van der Waals surface area contributed by atoms with Crippen molar-refractivity contribution >= 4 is 40.5 Å². The van der Waals surface area contributed by atoms with Crippen LogP contribution in [-0.4, -0.2) is 23.3 Å². The van der Waals surface area contributed by atoms with Gasteiger partial charge in [0.15, 0.2) is 0 Å². The van der Waals surface area contributed by atoms with Crippen molar-refractivity contribution in [1.82, 2.24) is 0 Å². The number of anilines is 2. The van der Waals surface area contributed by atoms with E-state index in [0.29, 0.717) is 22.9 Å². The highest BCUT2D eigenvalue weighted by atomic mass is 35.5. The number of nitrogens with one attached hydrogen (secondary N) is 1. The van der Waals surface area contributed by atoms with E-state index in [1.54, 1.807) is 24.3 Å². The van der Waals surface area contributed by atoms with Crippen molar-refractivity contribution in [2.45, 2.75) is 13.3 Å². The van der Waals surface area contributed by atoms with Crippen molar-refractivity contribution in [3.05, 3.63) is 69.4 Å². The zero-order chi connectivity index (χ0) is 20.3. The number of hydrogen-bond acceptors (Lipinski definition) is 6. The number of ether oxygens (including phenoxy) is 1. The number of nitro benzene ring substituents is 1. The highest BCUT2D eigenvalue weighted by molar-refractivity contribution is 6.53. The van der Waals surface area contributed by atoms with Crippen LogP contribution < -0.4 is 15.0 Å². The van der Waals surface area contributed by atoms with E-state index < -0.39 is 16.7 Å². The third kappa shape index (κ3) is 3.67. The topological polar surface area (TPSA) is 102 Å². The summed E-state index contributed by atoms with van der Waals surface area (Å²) < 4.78 is 5.49. The number of rotatable bonds is 7. The van der Waals surface area contributed by atoms with Gasteiger partial charge in [-0.1, -0.05) is 30.7 Å².